The number of methoxy groups -OCH3 is 4. The normalized spacial score (nSPS) is 11.1. The Morgan fingerprint density at radius 1 is 0.625 bits per heavy atom. The molecular formula is C28H30O10S2. The van der Waals surface area contributed by atoms with E-state index in [9.17, 15) is 9.59 Å². The lowest BCUT2D eigenvalue weighted by atomic mass is 10.0. The van der Waals surface area contributed by atoms with Gasteiger partial charge in [0.15, 0.2) is 34.2 Å². The predicted octanol–water partition coefficient (Wildman–Crippen LogP) is 6.46. The maximum atomic E-state index is 12.5. The number of ketones is 2. The third-order valence-electron chi connectivity index (χ3n) is 5.98. The van der Waals surface area contributed by atoms with Crippen molar-refractivity contribution in [3.63, 3.8) is 0 Å². The second-order valence-electron chi connectivity index (χ2n) is 8.32. The molecule has 4 aromatic rings. The maximum Gasteiger partial charge on any atom is 0.205 e. The third kappa shape index (κ3) is 5.50. The van der Waals surface area contributed by atoms with Gasteiger partial charge in [0.2, 0.25) is 11.5 Å². The summed E-state index contributed by atoms with van der Waals surface area (Å²) in [5.74, 6) is 2.83. The van der Waals surface area contributed by atoms with Crippen molar-refractivity contribution in [1.29, 1.82) is 0 Å². The van der Waals surface area contributed by atoms with Crippen molar-refractivity contribution >= 4 is 55.1 Å². The molecule has 0 saturated carbocycles. The van der Waals surface area contributed by atoms with E-state index in [1.165, 1.54) is 54.8 Å². The number of hydrogen-bond acceptors (Lipinski definition) is 12. The van der Waals surface area contributed by atoms with E-state index in [0.717, 1.165) is 0 Å². The van der Waals surface area contributed by atoms with Crippen LogP contribution < -0.4 is 28.4 Å². The number of hydrogen-bond donors (Lipinski definition) is 0. The Morgan fingerprint density at radius 3 is 1.32 bits per heavy atom. The van der Waals surface area contributed by atoms with Gasteiger partial charge in [-0.25, -0.2) is 0 Å². The Labute approximate surface area is 238 Å². The van der Waals surface area contributed by atoms with Gasteiger partial charge in [0.1, 0.15) is 22.6 Å². The largest absolute Gasteiger partial charge is 0.495 e. The summed E-state index contributed by atoms with van der Waals surface area (Å²) in [6.07, 6.45) is 3.02. The Hall–Kier alpha value is -3.64. The average Bonchev–Trinajstić information content (AvgIpc) is 3.62. The lowest BCUT2D eigenvalue weighted by molar-refractivity contribution is 0.0997. The zero-order chi connectivity index (χ0) is 28.8. The van der Waals surface area contributed by atoms with Gasteiger partial charge in [0.25, 0.3) is 0 Å². The highest BCUT2D eigenvalue weighted by atomic mass is 33.1. The summed E-state index contributed by atoms with van der Waals surface area (Å²) in [5, 5.41) is 1.27. The molecule has 0 unspecified atom stereocenters. The number of furan rings is 2. The Kier molecular flexibility index (Phi) is 9.64. The Morgan fingerprint density at radius 2 is 1.00 bits per heavy atom. The summed E-state index contributed by atoms with van der Waals surface area (Å²) in [6.45, 7) is 3.51. The van der Waals surface area contributed by atoms with Gasteiger partial charge >= 0.3 is 0 Å². The molecule has 0 saturated heterocycles. The topological polar surface area (TPSA) is 116 Å². The fourth-order valence-electron chi connectivity index (χ4n) is 4.42. The van der Waals surface area contributed by atoms with E-state index in [1.807, 2.05) is 0 Å². The molecule has 0 amide bonds. The second-order valence-corrected chi connectivity index (χ2v) is 11.0. The van der Waals surface area contributed by atoms with Crippen LogP contribution in [0.5, 0.6) is 34.5 Å². The molecule has 0 aliphatic rings. The molecule has 2 aromatic heterocycles. The lowest BCUT2D eigenvalue weighted by Gasteiger charge is -2.18. The molecule has 0 atom stereocenters. The highest BCUT2D eigenvalue weighted by molar-refractivity contribution is 8.76. The van der Waals surface area contributed by atoms with Gasteiger partial charge in [0, 0.05) is 11.5 Å². The van der Waals surface area contributed by atoms with Gasteiger partial charge in [-0.3, -0.25) is 9.59 Å². The van der Waals surface area contributed by atoms with E-state index < -0.39 is 0 Å². The highest BCUT2D eigenvalue weighted by Crippen LogP contribution is 2.48. The van der Waals surface area contributed by atoms with Crippen molar-refractivity contribution in [3.8, 4) is 34.5 Å². The summed E-state index contributed by atoms with van der Waals surface area (Å²) < 4.78 is 45.3. The fourth-order valence-corrected chi connectivity index (χ4v) is 6.07. The van der Waals surface area contributed by atoms with Crippen LogP contribution in [-0.2, 0) is 0 Å². The number of carbonyl (C=O) groups excluding carboxylic acids is 2. The minimum atomic E-state index is -0.211. The van der Waals surface area contributed by atoms with Crippen molar-refractivity contribution < 1.29 is 46.8 Å². The number of rotatable bonds is 15. The molecule has 0 radical (unpaired) electrons. The Balaban J connectivity index is 1.38. The van der Waals surface area contributed by atoms with Gasteiger partial charge in [0.05, 0.1) is 65.0 Å². The number of fused-ring (bicyclic) bond motifs is 2. The van der Waals surface area contributed by atoms with Crippen LogP contribution in [0.2, 0.25) is 0 Å². The number of carbonyl (C=O) groups is 2. The first kappa shape index (κ1) is 29.3. The molecule has 12 heteroatoms. The van der Waals surface area contributed by atoms with Gasteiger partial charge in [-0.05, 0) is 26.0 Å². The molecule has 10 nitrogen and oxygen atoms in total. The van der Waals surface area contributed by atoms with E-state index >= 15 is 0 Å². The van der Waals surface area contributed by atoms with Crippen LogP contribution >= 0.6 is 21.6 Å². The molecule has 2 heterocycles. The summed E-state index contributed by atoms with van der Waals surface area (Å²) in [7, 11) is 9.13. The monoisotopic (exact) mass is 590 g/mol. The standard InChI is InChI=1S/C28H30O10S2/c1-15(29)19-21(31-3)17-7-9-35-23(17)27(33-5)25(19)37-11-13-39-40-14-12-38-26-20(16(2)30)22(32-4)18-8-10-36-24(18)28(26)34-6/h7-10H,11-14H2,1-6H3. The Bertz CT molecular complexity index is 1410. The molecule has 2 aromatic carbocycles. The zero-order valence-corrected chi connectivity index (χ0v) is 24.7. The van der Waals surface area contributed by atoms with E-state index in [2.05, 4.69) is 0 Å². The first-order valence-corrected chi connectivity index (χ1v) is 14.7. The first-order chi connectivity index (χ1) is 19.4. The summed E-state index contributed by atoms with van der Waals surface area (Å²) in [5.41, 5.74) is 1.50. The van der Waals surface area contributed by atoms with Crippen molar-refractivity contribution in [3.05, 3.63) is 35.8 Å². The molecule has 0 aliphatic carbocycles. The van der Waals surface area contributed by atoms with Crippen LogP contribution in [0.4, 0.5) is 0 Å². The molecule has 0 aliphatic heterocycles. The van der Waals surface area contributed by atoms with E-state index in [-0.39, 0.29) is 23.1 Å². The van der Waals surface area contributed by atoms with E-state index in [4.69, 9.17) is 37.3 Å². The van der Waals surface area contributed by atoms with Gasteiger partial charge in [-0.2, -0.15) is 0 Å². The van der Waals surface area contributed by atoms with E-state index in [1.54, 1.807) is 33.7 Å². The minimum absolute atomic E-state index is 0.211. The molecular weight excluding hydrogens is 560 g/mol. The summed E-state index contributed by atoms with van der Waals surface area (Å²) in [4.78, 5) is 25.0. The van der Waals surface area contributed by atoms with Crippen molar-refractivity contribution in [2.75, 3.05) is 53.2 Å². The maximum absolute atomic E-state index is 12.5. The molecule has 0 spiro atoms. The summed E-state index contributed by atoms with van der Waals surface area (Å²) in [6, 6.07) is 3.44. The second kappa shape index (κ2) is 13.1. The lowest BCUT2D eigenvalue weighted by Crippen LogP contribution is -2.09. The van der Waals surface area contributed by atoms with Crippen LogP contribution in [0.3, 0.4) is 0 Å². The molecule has 4 rings (SSSR count). The van der Waals surface area contributed by atoms with Crippen LogP contribution in [0.1, 0.15) is 34.6 Å². The molecule has 0 N–H and O–H groups in total. The van der Waals surface area contributed by atoms with Gasteiger partial charge < -0.3 is 37.3 Å². The fraction of sp³-hybridized carbons (Fsp3) is 0.357. The van der Waals surface area contributed by atoms with Crippen LogP contribution in [-0.4, -0.2) is 64.7 Å². The zero-order valence-electron chi connectivity index (χ0n) is 23.0. The van der Waals surface area contributed by atoms with Crippen molar-refractivity contribution in [2.45, 2.75) is 13.8 Å². The van der Waals surface area contributed by atoms with Gasteiger partial charge in [-0.15, -0.1) is 0 Å². The first-order valence-electron chi connectivity index (χ1n) is 12.2. The molecule has 214 valence electrons. The van der Waals surface area contributed by atoms with Crippen LogP contribution in [0.15, 0.2) is 33.5 Å². The smallest absolute Gasteiger partial charge is 0.205 e. The van der Waals surface area contributed by atoms with Gasteiger partial charge in [-0.1, -0.05) is 21.6 Å². The third-order valence-corrected chi connectivity index (χ3v) is 8.32. The predicted molar refractivity (Wildman–Crippen MR) is 155 cm³/mol. The van der Waals surface area contributed by atoms with Crippen molar-refractivity contribution in [2.24, 2.45) is 0 Å². The number of benzene rings is 2. The van der Waals surface area contributed by atoms with E-state index in [0.29, 0.717) is 80.8 Å². The number of ether oxygens (including phenoxy) is 6. The number of Topliss-reactive ketones (excluding diaryl/α,β-unsaturated/α-hetero) is 2. The average molecular weight is 591 g/mol. The van der Waals surface area contributed by atoms with Crippen LogP contribution in [0.25, 0.3) is 21.9 Å². The molecule has 40 heavy (non-hydrogen) atoms. The summed E-state index contributed by atoms with van der Waals surface area (Å²) >= 11 is 0. The van der Waals surface area contributed by atoms with Crippen LogP contribution in [0, 0.1) is 0 Å². The van der Waals surface area contributed by atoms with Crippen molar-refractivity contribution in [1.82, 2.24) is 0 Å². The highest BCUT2D eigenvalue weighted by Gasteiger charge is 2.28. The SMILES string of the molecule is COc1c(C(C)=O)c(OCCSSCCOc2c(C(C)=O)c(OC)c3ccoc3c2OC)c(OC)c2occc12. The molecule has 0 bridgehead atoms. The molecule has 0 fully saturated rings. The minimum Gasteiger partial charge on any atom is -0.495 e. The quantitative estimate of drug-likeness (QED) is 0.0859.